The van der Waals surface area contributed by atoms with Gasteiger partial charge in [0.25, 0.3) is 0 Å². The van der Waals surface area contributed by atoms with Crippen LogP contribution >= 0.6 is 11.8 Å². The van der Waals surface area contributed by atoms with Crippen molar-refractivity contribution in [3.63, 3.8) is 0 Å². The maximum absolute atomic E-state index is 11.4. The molecule has 0 saturated carbocycles. The first-order valence-corrected chi connectivity index (χ1v) is 8.92. The number of hydrogen-bond donors (Lipinski definition) is 5. The van der Waals surface area contributed by atoms with Crippen LogP contribution in [0.2, 0.25) is 0 Å². The molecule has 0 unspecified atom stereocenters. The molecule has 4 aromatic rings. The number of nitrogens with zero attached hydrogens (tertiary/aromatic N) is 4. The van der Waals surface area contributed by atoms with Crippen molar-refractivity contribution >= 4 is 22.8 Å². The van der Waals surface area contributed by atoms with Gasteiger partial charge in [-0.25, -0.2) is 4.79 Å². The van der Waals surface area contributed by atoms with Gasteiger partial charge in [-0.1, -0.05) is 22.2 Å². The van der Waals surface area contributed by atoms with Crippen LogP contribution in [0, 0.1) is 0 Å². The summed E-state index contributed by atoms with van der Waals surface area (Å²) in [5.41, 5.74) is 4.75. The maximum Gasteiger partial charge on any atom is 0.323 e. The summed E-state index contributed by atoms with van der Waals surface area (Å²) in [6, 6.07) is 9.22. The molecule has 0 radical (unpaired) electrons. The number of benzene rings is 1. The Morgan fingerprint density at radius 3 is 2.93 bits per heavy atom. The summed E-state index contributed by atoms with van der Waals surface area (Å²) < 4.78 is 5.88. The van der Waals surface area contributed by atoms with Gasteiger partial charge in [0.1, 0.15) is 5.76 Å². The van der Waals surface area contributed by atoms with Crippen molar-refractivity contribution in [1.29, 1.82) is 0 Å². The van der Waals surface area contributed by atoms with Crippen molar-refractivity contribution in [3.8, 4) is 22.9 Å². The van der Waals surface area contributed by atoms with Crippen LogP contribution in [0.5, 0.6) is 0 Å². The number of imidazole rings is 1. The van der Waals surface area contributed by atoms with E-state index in [1.54, 1.807) is 0 Å². The van der Waals surface area contributed by atoms with Crippen molar-refractivity contribution in [3.05, 3.63) is 40.8 Å². The van der Waals surface area contributed by atoms with Gasteiger partial charge in [0.2, 0.25) is 5.16 Å². The topological polar surface area (TPSA) is 166 Å². The number of rotatable bonds is 7. The maximum atomic E-state index is 11.4. The molecule has 3 aromatic heterocycles. The lowest BCUT2D eigenvalue weighted by atomic mass is 10.1. The summed E-state index contributed by atoms with van der Waals surface area (Å²) in [5.74, 6) is 7.37. The summed E-state index contributed by atoms with van der Waals surface area (Å²) in [6.07, 6.45) is 0. The van der Waals surface area contributed by atoms with Crippen LogP contribution in [0.4, 0.5) is 0 Å². The molecule has 0 saturated heterocycles. The number of aromatic nitrogens is 5. The zero-order valence-electron chi connectivity index (χ0n) is 13.9. The SMILES string of the molecule is NN=NNCCSc1n[nH]c(-c2ccc(-c3ccc4[nH]c(=O)[nH]c4c3)o2)n1. The summed E-state index contributed by atoms with van der Waals surface area (Å²) in [4.78, 5) is 21.2. The predicted octanol–water partition coefficient (Wildman–Crippen LogP) is 1.82. The number of nitrogens with two attached hydrogens (primary N) is 1. The Bertz CT molecular complexity index is 1140. The van der Waals surface area contributed by atoms with E-state index in [1.165, 1.54) is 11.8 Å². The zero-order valence-corrected chi connectivity index (χ0v) is 14.7. The Morgan fingerprint density at radius 2 is 2.04 bits per heavy atom. The number of thioether (sulfide) groups is 1. The van der Waals surface area contributed by atoms with E-state index in [4.69, 9.17) is 10.3 Å². The highest BCUT2D eigenvalue weighted by Crippen LogP contribution is 2.28. The minimum atomic E-state index is -0.240. The van der Waals surface area contributed by atoms with Gasteiger partial charge < -0.3 is 20.2 Å². The summed E-state index contributed by atoms with van der Waals surface area (Å²) >= 11 is 1.46. The third-order valence-electron chi connectivity index (χ3n) is 3.68. The van der Waals surface area contributed by atoms with Gasteiger partial charge in [0, 0.05) is 17.9 Å². The van der Waals surface area contributed by atoms with Gasteiger partial charge in [0.05, 0.1) is 11.0 Å². The van der Waals surface area contributed by atoms with Gasteiger partial charge in [0.15, 0.2) is 11.6 Å². The fourth-order valence-electron chi connectivity index (χ4n) is 2.51. The molecule has 0 spiro atoms. The molecule has 12 heteroatoms. The van der Waals surface area contributed by atoms with E-state index in [0.717, 1.165) is 16.6 Å². The number of aromatic amines is 3. The Labute approximate surface area is 155 Å². The van der Waals surface area contributed by atoms with Gasteiger partial charge in [-0.2, -0.15) is 4.98 Å². The first-order chi connectivity index (χ1) is 13.2. The molecule has 11 nitrogen and oxygen atoms in total. The number of nitrogens with one attached hydrogen (secondary N) is 4. The van der Waals surface area contributed by atoms with Gasteiger partial charge >= 0.3 is 5.69 Å². The van der Waals surface area contributed by atoms with Gasteiger partial charge in [-0.15, -0.1) is 5.10 Å². The molecule has 4 rings (SSSR count). The highest BCUT2D eigenvalue weighted by Gasteiger charge is 2.12. The third kappa shape index (κ3) is 3.69. The molecule has 3 heterocycles. The van der Waals surface area contributed by atoms with Crippen LogP contribution in [0.25, 0.3) is 33.9 Å². The predicted molar refractivity (Wildman–Crippen MR) is 99.8 cm³/mol. The van der Waals surface area contributed by atoms with Crippen LogP contribution in [0.3, 0.4) is 0 Å². The second-order valence-electron chi connectivity index (χ2n) is 5.44. The zero-order chi connectivity index (χ0) is 18.6. The minimum Gasteiger partial charge on any atom is -0.453 e. The quantitative estimate of drug-likeness (QED) is 0.106. The molecule has 0 aliphatic heterocycles. The van der Waals surface area contributed by atoms with Gasteiger partial charge in [-0.3, -0.25) is 10.5 Å². The second-order valence-corrected chi connectivity index (χ2v) is 6.50. The molecule has 1 aromatic carbocycles. The normalized spacial score (nSPS) is 11.6. The number of hydrogen-bond acceptors (Lipinski definition) is 7. The Balaban J connectivity index is 1.48. The van der Waals surface area contributed by atoms with Crippen LogP contribution in [0.15, 0.2) is 55.1 Å². The average Bonchev–Trinajstić information content (AvgIpc) is 3.39. The van der Waals surface area contributed by atoms with Crippen molar-refractivity contribution in [2.75, 3.05) is 12.3 Å². The largest absolute Gasteiger partial charge is 0.453 e. The van der Waals surface area contributed by atoms with E-state index in [0.29, 0.717) is 34.8 Å². The van der Waals surface area contributed by atoms with Crippen LogP contribution in [-0.2, 0) is 0 Å². The van der Waals surface area contributed by atoms with E-state index in [-0.39, 0.29) is 5.69 Å². The highest BCUT2D eigenvalue weighted by atomic mass is 32.2. The molecular weight excluding hydrogens is 370 g/mol. The molecule has 0 bridgehead atoms. The summed E-state index contributed by atoms with van der Waals surface area (Å²) in [6.45, 7) is 0.587. The number of furan rings is 1. The number of H-pyrrole nitrogens is 3. The molecule has 0 aliphatic rings. The molecule has 27 heavy (non-hydrogen) atoms. The average molecular weight is 385 g/mol. The summed E-state index contributed by atoms with van der Waals surface area (Å²) in [7, 11) is 0. The Hall–Kier alpha value is -3.54. The van der Waals surface area contributed by atoms with Crippen LogP contribution in [0.1, 0.15) is 0 Å². The lowest BCUT2D eigenvalue weighted by Gasteiger charge is -1.97. The van der Waals surface area contributed by atoms with E-state index in [2.05, 4.69) is 41.0 Å². The minimum absolute atomic E-state index is 0.240. The molecule has 0 amide bonds. The standard InChI is InChI=1S/C15H15N9O2S/c16-23-24-17-5-6-27-15-20-13(21-22-15)12-4-3-11(26-12)8-1-2-9-10(7-8)19-14(25)18-9/h1-4,7H,5-6H2,(H2,16,24)(H,17,23)(H2,18,19,25)(H,20,21,22). The van der Waals surface area contributed by atoms with Gasteiger partial charge in [-0.05, 0) is 30.3 Å². The Kier molecular flexibility index (Phi) is 4.61. The second kappa shape index (κ2) is 7.37. The van der Waals surface area contributed by atoms with Crippen LogP contribution in [-0.4, -0.2) is 37.4 Å². The fraction of sp³-hybridized carbons (Fsp3) is 0.133. The molecule has 0 aliphatic carbocycles. The molecule has 0 fully saturated rings. The van der Waals surface area contributed by atoms with E-state index in [9.17, 15) is 4.79 Å². The first kappa shape index (κ1) is 16.9. The molecular formula is C15H15N9O2S. The van der Waals surface area contributed by atoms with Crippen molar-refractivity contribution in [2.45, 2.75) is 5.16 Å². The monoisotopic (exact) mass is 385 g/mol. The first-order valence-electron chi connectivity index (χ1n) is 7.93. The lowest BCUT2D eigenvalue weighted by Crippen LogP contribution is -2.09. The van der Waals surface area contributed by atoms with Crippen molar-refractivity contribution in [1.82, 2.24) is 30.6 Å². The van der Waals surface area contributed by atoms with Crippen molar-refractivity contribution in [2.24, 2.45) is 16.3 Å². The Morgan fingerprint density at radius 1 is 1.19 bits per heavy atom. The number of fused-ring (bicyclic) bond motifs is 1. The van der Waals surface area contributed by atoms with E-state index < -0.39 is 0 Å². The lowest BCUT2D eigenvalue weighted by molar-refractivity contribution is 0.592. The highest BCUT2D eigenvalue weighted by molar-refractivity contribution is 7.99. The summed E-state index contributed by atoms with van der Waals surface area (Å²) in [5, 5.41) is 14.2. The third-order valence-corrected chi connectivity index (χ3v) is 4.53. The van der Waals surface area contributed by atoms with E-state index in [1.807, 2.05) is 30.3 Å². The molecule has 6 N–H and O–H groups in total. The van der Waals surface area contributed by atoms with Crippen molar-refractivity contribution < 1.29 is 4.42 Å². The van der Waals surface area contributed by atoms with Crippen LogP contribution < -0.4 is 17.0 Å². The van der Waals surface area contributed by atoms with E-state index >= 15 is 0 Å². The smallest absolute Gasteiger partial charge is 0.323 e. The molecule has 0 atom stereocenters. The molecule has 138 valence electrons. The fourth-order valence-corrected chi connectivity index (χ4v) is 3.15.